The molecule has 0 aliphatic heterocycles. The molecule has 0 spiro atoms. The predicted molar refractivity (Wildman–Crippen MR) is 84.9 cm³/mol. The van der Waals surface area contributed by atoms with Crippen molar-refractivity contribution in [2.75, 3.05) is 0 Å². The number of halogens is 1. The molecule has 122 valence electrons. The number of rotatable bonds is 5. The first-order chi connectivity index (χ1) is 11.7. The summed E-state index contributed by atoms with van der Waals surface area (Å²) in [7, 11) is 0. The lowest BCUT2D eigenvalue weighted by atomic mass is 10.1. The summed E-state index contributed by atoms with van der Waals surface area (Å²) in [5, 5.41) is 19.5. The molecule has 1 amide bonds. The van der Waals surface area contributed by atoms with E-state index in [2.05, 4.69) is 15.6 Å². The summed E-state index contributed by atoms with van der Waals surface area (Å²) in [6.45, 7) is -0.146. The van der Waals surface area contributed by atoms with Gasteiger partial charge in [-0.15, -0.1) is 5.10 Å². The van der Waals surface area contributed by atoms with E-state index in [0.29, 0.717) is 11.1 Å². The van der Waals surface area contributed by atoms with Crippen molar-refractivity contribution in [3.8, 4) is 5.69 Å². The summed E-state index contributed by atoms with van der Waals surface area (Å²) < 4.78 is 14.9. The molecule has 2 aromatic carbocycles. The van der Waals surface area contributed by atoms with Crippen molar-refractivity contribution in [2.24, 2.45) is 0 Å². The number of nitrogens with zero attached hydrogens (tertiary/aromatic N) is 3. The fourth-order valence-corrected chi connectivity index (χ4v) is 2.28. The minimum absolute atomic E-state index is 0.204. The van der Waals surface area contributed by atoms with Crippen LogP contribution < -0.4 is 5.32 Å². The van der Waals surface area contributed by atoms with Gasteiger partial charge in [0.25, 0.3) is 5.91 Å². The highest BCUT2D eigenvalue weighted by molar-refractivity contribution is 5.94. The highest BCUT2D eigenvalue weighted by Crippen LogP contribution is 2.12. The standard InChI is InChI=1S/C17H15FN4O2/c18-16-5-4-12(8-14(16)11-23)10-19-17(24)13-2-1-3-15(9-13)22-7-6-20-21-22/h1-9,23H,10-11H2,(H,19,24). The van der Waals surface area contributed by atoms with Gasteiger partial charge in [-0.1, -0.05) is 17.3 Å². The van der Waals surface area contributed by atoms with Crippen LogP contribution in [0.1, 0.15) is 21.5 Å². The molecule has 0 aliphatic rings. The van der Waals surface area contributed by atoms with E-state index in [1.165, 1.54) is 12.1 Å². The average Bonchev–Trinajstić information content (AvgIpc) is 3.15. The summed E-state index contributed by atoms with van der Waals surface area (Å²) in [6.07, 6.45) is 3.24. The number of carbonyl (C=O) groups excluding carboxylic acids is 1. The van der Waals surface area contributed by atoms with Gasteiger partial charge in [-0.25, -0.2) is 9.07 Å². The van der Waals surface area contributed by atoms with Crippen LogP contribution in [0.3, 0.4) is 0 Å². The van der Waals surface area contributed by atoms with Crippen LogP contribution >= 0.6 is 0 Å². The second kappa shape index (κ2) is 7.01. The van der Waals surface area contributed by atoms with Crippen LogP contribution in [-0.2, 0) is 13.2 Å². The zero-order chi connectivity index (χ0) is 16.9. The van der Waals surface area contributed by atoms with Gasteiger partial charge in [0.2, 0.25) is 0 Å². The largest absolute Gasteiger partial charge is 0.392 e. The molecular weight excluding hydrogens is 311 g/mol. The Morgan fingerprint density at radius 1 is 1.25 bits per heavy atom. The van der Waals surface area contributed by atoms with Gasteiger partial charge in [0.15, 0.2) is 0 Å². The predicted octanol–water partition coefficient (Wildman–Crippen LogP) is 1.83. The van der Waals surface area contributed by atoms with Gasteiger partial charge >= 0.3 is 0 Å². The van der Waals surface area contributed by atoms with Crippen molar-refractivity contribution in [1.82, 2.24) is 20.3 Å². The summed E-state index contributed by atoms with van der Waals surface area (Å²) in [4.78, 5) is 12.3. The van der Waals surface area contributed by atoms with E-state index in [1.54, 1.807) is 41.3 Å². The van der Waals surface area contributed by atoms with Crippen LogP contribution in [0.5, 0.6) is 0 Å². The van der Waals surface area contributed by atoms with Gasteiger partial charge in [0.05, 0.1) is 24.7 Å². The summed E-state index contributed by atoms with van der Waals surface area (Å²) >= 11 is 0. The number of hydrogen-bond donors (Lipinski definition) is 2. The van der Waals surface area contributed by atoms with Crippen LogP contribution in [0.25, 0.3) is 5.69 Å². The first-order valence-corrected chi connectivity index (χ1v) is 7.30. The monoisotopic (exact) mass is 326 g/mol. The number of nitrogens with one attached hydrogen (secondary N) is 1. The molecule has 3 aromatic rings. The maximum Gasteiger partial charge on any atom is 0.251 e. The van der Waals surface area contributed by atoms with Gasteiger partial charge in [0.1, 0.15) is 5.82 Å². The first kappa shape index (κ1) is 15.8. The Bertz CT molecular complexity index is 850. The van der Waals surface area contributed by atoms with Gasteiger partial charge < -0.3 is 10.4 Å². The Hall–Kier alpha value is -3.06. The van der Waals surface area contributed by atoms with Crippen LogP contribution in [0.4, 0.5) is 4.39 Å². The molecule has 0 aliphatic carbocycles. The zero-order valence-electron chi connectivity index (χ0n) is 12.7. The van der Waals surface area contributed by atoms with Crippen molar-refractivity contribution < 1.29 is 14.3 Å². The molecule has 1 aromatic heterocycles. The Morgan fingerprint density at radius 3 is 2.88 bits per heavy atom. The maximum atomic E-state index is 13.4. The quantitative estimate of drug-likeness (QED) is 0.749. The molecule has 0 unspecified atom stereocenters. The van der Waals surface area contributed by atoms with Crippen molar-refractivity contribution in [2.45, 2.75) is 13.2 Å². The molecule has 0 bridgehead atoms. The van der Waals surface area contributed by atoms with E-state index < -0.39 is 5.82 Å². The van der Waals surface area contributed by atoms with E-state index in [1.807, 2.05) is 6.07 Å². The molecule has 2 N–H and O–H groups in total. The van der Waals surface area contributed by atoms with Crippen LogP contribution in [0.2, 0.25) is 0 Å². The minimum Gasteiger partial charge on any atom is -0.392 e. The van der Waals surface area contributed by atoms with Crippen molar-refractivity contribution in [3.05, 3.63) is 77.4 Å². The topological polar surface area (TPSA) is 80.0 Å². The minimum atomic E-state index is -0.465. The second-order valence-corrected chi connectivity index (χ2v) is 5.16. The van der Waals surface area contributed by atoms with E-state index in [4.69, 9.17) is 5.11 Å². The Morgan fingerprint density at radius 2 is 2.12 bits per heavy atom. The molecule has 7 heteroatoms. The molecule has 1 heterocycles. The molecule has 0 fully saturated rings. The number of aliphatic hydroxyl groups is 1. The van der Waals surface area contributed by atoms with E-state index in [-0.39, 0.29) is 24.6 Å². The van der Waals surface area contributed by atoms with E-state index in [0.717, 1.165) is 5.69 Å². The number of aliphatic hydroxyl groups excluding tert-OH is 1. The van der Waals surface area contributed by atoms with Crippen LogP contribution in [0, 0.1) is 5.82 Å². The summed E-state index contributed by atoms with van der Waals surface area (Å²) in [5.74, 6) is -0.722. The molecule has 0 saturated heterocycles. The summed E-state index contributed by atoms with van der Waals surface area (Å²) in [6, 6.07) is 11.3. The maximum absolute atomic E-state index is 13.4. The lowest BCUT2D eigenvalue weighted by Gasteiger charge is -2.08. The Labute approximate surface area is 137 Å². The zero-order valence-corrected chi connectivity index (χ0v) is 12.7. The van der Waals surface area contributed by atoms with Crippen LogP contribution in [-0.4, -0.2) is 26.0 Å². The SMILES string of the molecule is O=C(NCc1ccc(F)c(CO)c1)c1cccc(-n2ccnn2)c1. The average molecular weight is 326 g/mol. The van der Waals surface area contributed by atoms with Gasteiger partial charge in [0, 0.05) is 17.7 Å². The number of carbonyl (C=O) groups is 1. The van der Waals surface area contributed by atoms with Crippen molar-refractivity contribution >= 4 is 5.91 Å². The lowest BCUT2D eigenvalue weighted by Crippen LogP contribution is -2.23. The second-order valence-electron chi connectivity index (χ2n) is 5.16. The summed E-state index contributed by atoms with van der Waals surface area (Å²) in [5.41, 5.74) is 2.12. The van der Waals surface area contributed by atoms with Crippen molar-refractivity contribution in [3.63, 3.8) is 0 Å². The first-order valence-electron chi connectivity index (χ1n) is 7.30. The van der Waals surface area contributed by atoms with Crippen molar-refractivity contribution in [1.29, 1.82) is 0 Å². The molecule has 6 nitrogen and oxygen atoms in total. The Balaban J connectivity index is 1.70. The molecule has 24 heavy (non-hydrogen) atoms. The third-order valence-corrected chi connectivity index (χ3v) is 3.53. The third kappa shape index (κ3) is 3.47. The molecule has 3 rings (SSSR count). The van der Waals surface area contributed by atoms with Gasteiger partial charge in [-0.3, -0.25) is 4.79 Å². The number of hydrogen-bond acceptors (Lipinski definition) is 4. The fourth-order valence-electron chi connectivity index (χ4n) is 2.28. The van der Waals surface area contributed by atoms with E-state index in [9.17, 15) is 9.18 Å². The van der Waals surface area contributed by atoms with Gasteiger partial charge in [-0.05, 0) is 35.9 Å². The third-order valence-electron chi connectivity index (χ3n) is 3.53. The molecule has 0 radical (unpaired) electrons. The molecule has 0 saturated carbocycles. The highest BCUT2D eigenvalue weighted by Gasteiger charge is 2.08. The Kier molecular flexibility index (Phi) is 4.62. The number of benzene rings is 2. The smallest absolute Gasteiger partial charge is 0.251 e. The fraction of sp³-hybridized carbons (Fsp3) is 0.118. The van der Waals surface area contributed by atoms with Crippen LogP contribution in [0.15, 0.2) is 54.9 Å². The highest BCUT2D eigenvalue weighted by atomic mass is 19.1. The molecule has 0 atom stereocenters. The molecular formula is C17H15FN4O2. The number of amides is 1. The van der Waals surface area contributed by atoms with Gasteiger partial charge in [-0.2, -0.15) is 0 Å². The van der Waals surface area contributed by atoms with E-state index >= 15 is 0 Å². The lowest BCUT2D eigenvalue weighted by molar-refractivity contribution is 0.0951. The number of aromatic nitrogens is 3. The normalized spacial score (nSPS) is 10.6.